The maximum absolute atomic E-state index is 13.7. The summed E-state index contributed by atoms with van der Waals surface area (Å²) in [7, 11) is 0. The molecule has 1 aliphatic carbocycles. The van der Waals surface area contributed by atoms with Gasteiger partial charge in [0.25, 0.3) is 0 Å². The Bertz CT molecular complexity index is 1190. The minimum absolute atomic E-state index is 0.125. The van der Waals surface area contributed by atoms with E-state index in [9.17, 15) is 10.1 Å². The lowest BCUT2D eigenvalue weighted by Gasteiger charge is -2.43. The summed E-state index contributed by atoms with van der Waals surface area (Å²) >= 11 is 3.56. The Labute approximate surface area is 205 Å². The summed E-state index contributed by atoms with van der Waals surface area (Å²) in [4.78, 5) is 16.9. The molecule has 1 unspecified atom stereocenters. The number of allylic oxidation sites excluding steroid dienone is 3. The standard InChI is InChI=1S/C27H31N3OS2/c1-6-18-12-19(26(33-18)32-7-2)23-20(15-28)25(29)30(17-10-8-16(3)9-11-17)21-13-27(4,5)14-22(31)24(21)23/h8-12,23H,6-7,13-14,29H2,1-5H3. The summed E-state index contributed by atoms with van der Waals surface area (Å²) in [6.07, 6.45) is 2.14. The van der Waals surface area contributed by atoms with Gasteiger partial charge in [0.2, 0.25) is 0 Å². The van der Waals surface area contributed by atoms with Gasteiger partial charge in [-0.3, -0.25) is 9.69 Å². The van der Waals surface area contributed by atoms with Gasteiger partial charge >= 0.3 is 0 Å². The van der Waals surface area contributed by atoms with Crippen LogP contribution in [0.5, 0.6) is 0 Å². The van der Waals surface area contributed by atoms with Gasteiger partial charge < -0.3 is 5.73 Å². The predicted octanol–water partition coefficient (Wildman–Crippen LogP) is 6.67. The number of nitriles is 1. The van der Waals surface area contributed by atoms with E-state index in [4.69, 9.17) is 5.73 Å². The number of benzene rings is 1. The number of rotatable bonds is 5. The maximum Gasteiger partial charge on any atom is 0.162 e. The van der Waals surface area contributed by atoms with Gasteiger partial charge in [0, 0.05) is 28.3 Å². The normalized spacial score (nSPS) is 20.2. The Kier molecular flexibility index (Phi) is 6.48. The van der Waals surface area contributed by atoms with Crippen LogP contribution in [0.3, 0.4) is 0 Å². The van der Waals surface area contributed by atoms with Crippen LogP contribution in [0.2, 0.25) is 0 Å². The molecule has 0 radical (unpaired) electrons. The maximum atomic E-state index is 13.7. The monoisotopic (exact) mass is 477 g/mol. The first kappa shape index (κ1) is 23.7. The molecular weight excluding hydrogens is 446 g/mol. The SMILES string of the molecule is CCSc1sc(CC)cc1C1C(C#N)=C(N)N(c2ccc(C)cc2)C2=C1C(=O)CC(C)(C)C2. The van der Waals surface area contributed by atoms with E-state index >= 15 is 0 Å². The summed E-state index contributed by atoms with van der Waals surface area (Å²) in [5.41, 5.74) is 11.9. The third kappa shape index (κ3) is 4.25. The van der Waals surface area contributed by atoms with Crippen molar-refractivity contribution in [3.05, 3.63) is 69.0 Å². The van der Waals surface area contributed by atoms with Gasteiger partial charge in [-0.05, 0) is 54.7 Å². The summed E-state index contributed by atoms with van der Waals surface area (Å²) in [5, 5.41) is 10.3. The Balaban J connectivity index is 2.00. The number of hydrogen-bond donors (Lipinski definition) is 1. The van der Waals surface area contributed by atoms with Crippen molar-refractivity contribution in [2.75, 3.05) is 10.7 Å². The van der Waals surface area contributed by atoms with Crippen molar-refractivity contribution in [1.82, 2.24) is 0 Å². The fourth-order valence-corrected chi connectivity index (χ4v) is 7.25. The number of nitrogens with zero attached hydrogens (tertiary/aromatic N) is 2. The fraction of sp³-hybridized carbons (Fsp3) is 0.407. The van der Waals surface area contributed by atoms with Gasteiger partial charge in [-0.15, -0.1) is 23.1 Å². The van der Waals surface area contributed by atoms with Crippen LogP contribution in [0, 0.1) is 23.7 Å². The Morgan fingerprint density at radius 1 is 1.24 bits per heavy atom. The van der Waals surface area contributed by atoms with Crippen LogP contribution in [-0.2, 0) is 11.2 Å². The highest BCUT2D eigenvalue weighted by atomic mass is 32.2. The molecule has 2 heterocycles. The molecule has 0 saturated heterocycles. The quantitative estimate of drug-likeness (QED) is 0.487. The number of carbonyl (C=O) groups is 1. The molecule has 172 valence electrons. The van der Waals surface area contributed by atoms with Crippen molar-refractivity contribution < 1.29 is 4.79 Å². The highest BCUT2D eigenvalue weighted by molar-refractivity contribution is 8.01. The van der Waals surface area contributed by atoms with Crippen LogP contribution in [0.15, 0.2) is 57.2 Å². The minimum Gasteiger partial charge on any atom is -0.384 e. The highest BCUT2D eigenvalue weighted by Gasteiger charge is 2.45. The molecule has 2 aliphatic rings. The van der Waals surface area contributed by atoms with Crippen molar-refractivity contribution in [2.24, 2.45) is 11.1 Å². The van der Waals surface area contributed by atoms with Gasteiger partial charge in [0.05, 0.1) is 21.8 Å². The second kappa shape index (κ2) is 9.04. The third-order valence-corrected chi connectivity index (χ3v) is 8.86. The van der Waals surface area contributed by atoms with Crippen molar-refractivity contribution in [2.45, 2.75) is 64.0 Å². The molecule has 4 nitrogen and oxygen atoms in total. The van der Waals surface area contributed by atoms with E-state index in [2.05, 4.69) is 39.8 Å². The molecule has 33 heavy (non-hydrogen) atoms. The number of thiophene rings is 1. The molecule has 0 amide bonds. The van der Waals surface area contributed by atoms with Crippen molar-refractivity contribution in [1.29, 1.82) is 5.26 Å². The number of nitrogens with two attached hydrogens (primary N) is 1. The van der Waals surface area contributed by atoms with E-state index in [0.717, 1.165) is 46.7 Å². The predicted molar refractivity (Wildman–Crippen MR) is 138 cm³/mol. The van der Waals surface area contributed by atoms with Gasteiger partial charge in [-0.1, -0.05) is 45.4 Å². The second-order valence-electron chi connectivity index (χ2n) is 9.56. The summed E-state index contributed by atoms with van der Waals surface area (Å²) < 4.78 is 1.19. The van der Waals surface area contributed by atoms with Crippen molar-refractivity contribution >= 4 is 34.6 Å². The highest BCUT2D eigenvalue weighted by Crippen LogP contribution is 2.52. The van der Waals surface area contributed by atoms with E-state index in [1.165, 1.54) is 9.09 Å². The van der Waals surface area contributed by atoms with E-state index in [0.29, 0.717) is 17.8 Å². The van der Waals surface area contributed by atoms with Crippen LogP contribution in [0.25, 0.3) is 0 Å². The first-order valence-corrected chi connectivity index (χ1v) is 13.3. The van der Waals surface area contributed by atoms with Crippen molar-refractivity contribution in [3.8, 4) is 6.07 Å². The largest absolute Gasteiger partial charge is 0.384 e. The average molecular weight is 478 g/mol. The Morgan fingerprint density at radius 3 is 2.55 bits per heavy atom. The number of thioether (sulfide) groups is 1. The van der Waals surface area contributed by atoms with Crippen LogP contribution >= 0.6 is 23.1 Å². The van der Waals surface area contributed by atoms with E-state index in [-0.39, 0.29) is 11.2 Å². The average Bonchev–Trinajstić information content (AvgIpc) is 3.16. The molecule has 6 heteroatoms. The molecule has 1 aliphatic heterocycles. The Hall–Kier alpha value is -2.49. The van der Waals surface area contributed by atoms with Gasteiger partial charge in [-0.2, -0.15) is 5.26 Å². The zero-order valence-electron chi connectivity index (χ0n) is 20.0. The number of hydrogen-bond acceptors (Lipinski definition) is 6. The number of anilines is 1. The number of carbonyl (C=O) groups excluding carboxylic acids is 1. The lowest BCUT2D eigenvalue weighted by atomic mass is 9.69. The summed E-state index contributed by atoms with van der Waals surface area (Å²) in [6, 6.07) is 12.7. The number of ketones is 1. The molecule has 1 aromatic carbocycles. The lowest BCUT2D eigenvalue weighted by Crippen LogP contribution is -2.42. The summed E-state index contributed by atoms with van der Waals surface area (Å²) in [5.74, 6) is 1.10. The van der Waals surface area contributed by atoms with Crippen molar-refractivity contribution in [3.63, 3.8) is 0 Å². The van der Waals surface area contributed by atoms with Crippen LogP contribution in [0.4, 0.5) is 5.69 Å². The van der Waals surface area contributed by atoms with Crippen LogP contribution in [-0.4, -0.2) is 11.5 Å². The van der Waals surface area contributed by atoms with Gasteiger partial charge in [-0.25, -0.2) is 0 Å². The molecule has 1 aromatic heterocycles. The van der Waals surface area contributed by atoms with Crippen LogP contribution in [0.1, 0.15) is 62.5 Å². The molecule has 2 aromatic rings. The van der Waals surface area contributed by atoms with E-state index in [1.807, 2.05) is 36.1 Å². The topological polar surface area (TPSA) is 70.1 Å². The lowest BCUT2D eigenvalue weighted by molar-refractivity contribution is -0.118. The first-order valence-electron chi connectivity index (χ1n) is 11.5. The zero-order chi connectivity index (χ0) is 23.9. The van der Waals surface area contributed by atoms with Crippen LogP contribution < -0.4 is 10.6 Å². The molecule has 2 N–H and O–H groups in total. The minimum atomic E-state index is -0.402. The van der Waals surface area contributed by atoms with E-state index in [1.54, 1.807) is 23.1 Å². The second-order valence-corrected chi connectivity index (χ2v) is 12.2. The number of aryl methyl sites for hydroxylation is 2. The number of Topliss-reactive ketones (excluding diaryl/α,β-unsaturated/α-hetero) is 1. The molecule has 0 spiro atoms. The molecule has 4 rings (SSSR count). The summed E-state index contributed by atoms with van der Waals surface area (Å²) in [6.45, 7) is 10.6. The Morgan fingerprint density at radius 2 is 1.94 bits per heavy atom. The zero-order valence-corrected chi connectivity index (χ0v) is 21.6. The molecule has 0 saturated carbocycles. The first-order chi connectivity index (χ1) is 15.7. The van der Waals surface area contributed by atoms with Gasteiger partial charge in [0.1, 0.15) is 5.82 Å². The fourth-order valence-electron chi connectivity index (χ4n) is 4.87. The molecule has 0 bridgehead atoms. The molecular formula is C27H31N3OS2. The molecule has 0 fully saturated rings. The van der Waals surface area contributed by atoms with E-state index < -0.39 is 5.92 Å². The van der Waals surface area contributed by atoms with Gasteiger partial charge in [0.15, 0.2) is 5.78 Å². The molecule has 1 atom stereocenters. The smallest absolute Gasteiger partial charge is 0.162 e. The third-order valence-electron chi connectivity index (χ3n) is 6.38.